The van der Waals surface area contributed by atoms with Crippen LogP contribution in [0.1, 0.15) is 25.5 Å². The summed E-state index contributed by atoms with van der Waals surface area (Å²) in [6.45, 7) is 6.17. The number of carboxylic acid groups (broad SMARTS) is 1. The van der Waals surface area contributed by atoms with Gasteiger partial charge in [0, 0.05) is 31.4 Å². The fraction of sp³-hybridized carbons (Fsp3) is 0.571. The summed E-state index contributed by atoms with van der Waals surface area (Å²) in [5.41, 5.74) is 1.01. The van der Waals surface area contributed by atoms with Gasteiger partial charge in [-0.3, -0.25) is 0 Å². The number of piperidine rings is 1. The highest BCUT2D eigenvalue weighted by Crippen LogP contribution is 2.21. The maximum Gasteiger partial charge on any atom is 0.407 e. The molecule has 1 fully saturated rings. The summed E-state index contributed by atoms with van der Waals surface area (Å²) in [4.78, 5) is 19.4. The van der Waals surface area contributed by atoms with Gasteiger partial charge in [0.1, 0.15) is 5.82 Å². The summed E-state index contributed by atoms with van der Waals surface area (Å²) in [7, 11) is 0. The van der Waals surface area contributed by atoms with E-state index in [1.54, 1.807) is 4.90 Å². The summed E-state index contributed by atoms with van der Waals surface area (Å²) >= 11 is 0. The number of hydrogen-bond acceptors (Lipinski definition) is 3. The molecule has 1 aliphatic rings. The van der Waals surface area contributed by atoms with Crippen LogP contribution in [-0.2, 0) is 0 Å². The molecule has 1 aromatic rings. The SMILES string of the molecule is CCN(C(=O)O)C1CCN(c2cccc(C)n2)CC1. The minimum absolute atomic E-state index is 0.142. The fourth-order valence-electron chi connectivity index (χ4n) is 2.66. The highest BCUT2D eigenvalue weighted by molar-refractivity contribution is 5.65. The number of nitrogens with zero attached hydrogens (tertiary/aromatic N) is 3. The quantitative estimate of drug-likeness (QED) is 0.909. The van der Waals surface area contributed by atoms with E-state index in [-0.39, 0.29) is 6.04 Å². The third-order valence-corrected chi connectivity index (χ3v) is 3.69. The van der Waals surface area contributed by atoms with E-state index in [9.17, 15) is 4.79 Å². The molecule has 0 saturated carbocycles. The van der Waals surface area contributed by atoms with Crippen LogP contribution in [0.4, 0.5) is 10.6 Å². The van der Waals surface area contributed by atoms with Crippen molar-refractivity contribution in [2.24, 2.45) is 0 Å². The molecule has 0 spiro atoms. The van der Waals surface area contributed by atoms with Crippen molar-refractivity contribution in [1.29, 1.82) is 0 Å². The number of aryl methyl sites for hydroxylation is 1. The molecular weight excluding hydrogens is 242 g/mol. The third kappa shape index (κ3) is 3.16. The predicted octanol–water partition coefficient (Wildman–Crippen LogP) is 2.36. The summed E-state index contributed by atoms with van der Waals surface area (Å²) in [5, 5.41) is 9.14. The molecule has 1 aromatic heterocycles. The molecule has 2 rings (SSSR count). The van der Waals surface area contributed by atoms with E-state index in [0.717, 1.165) is 37.4 Å². The van der Waals surface area contributed by atoms with Crippen LogP contribution >= 0.6 is 0 Å². The van der Waals surface area contributed by atoms with Crippen LogP contribution < -0.4 is 4.90 Å². The normalized spacial score (nSPS) is 16.4. The Balaban J connectivity index is 1.97. The summed E-state index contributed by atoms with van der Waals surface area (Å²) in [5.74, 6) is 0.997. The Kier molecular flexibility index (Phi) is 4.24. The summed E-state index contributed by atoms with van der Waals surface area (Å²) < 4.78 is 0. The van der Waals surface area contributed by atoms with Crippen LogP contribution in [0.15, 0.2) is 18.2 Å². The van der Waals surface area contributed by atoms with Crippen molar-refractivity contribution in [3.8, 4) is 0 Å². The Hall–Kier alpha value is -1.78. The number of amides is 1. The first kappa shape index (κ1) is 13.6. The van der Waals surface area contributed by atoms with E-state index < -0.39 is 6.09 Å². The second-order valence-electron chi connectivity index (χ2n) is 4.92. The van der Waals surface area contributed by atoms with Crippen molar-refractivity contribution in [2.75, 3.05) is 24.5 Å². The monoisotopic (exact) mass is 263 g/mol. The maximum atomic E-state index is 11.1. The zero-order valence-corrected chi connectivity index (χ0v) is 11.5. The molecular formula is C14H21N3O2. The number of pyridine rings is 1. The summed E-state index contributed by atoms with van der Waals surface area (Å²) in [6.07, 6.45) is 0.931. The smallest absolute Gasteiger partial charge is 0.407 e. The fourth-order valence-corrected chi connectivity index (χ4v) is 2.66. The first-order chi connectivity index (χ1) is 9.11. The molecule has 0 atom stereocenters. The topological polar surface area (TPSA) is 56.7 Å². The molecule has 5 heteroatoms. The standard InChI is InChI=1S/C14H21N3O2/c1-3-17(14(18)19)12-7-9-16(10-8-12)13-6-4-5-11(2)15-13/h4-6,12H,3,7-10H2,1-2H3,(H,18,19). The first-order valence-corrected chi connectivity index (χ1v) is 6.80. The van der Waals surface area contributed by atoms with Gasteiger partial charge in [-0.25, -0.2) is 9.78 Å². The van der Waals surface area contributed by atoms with Gasteiger partial charge in [-0.05, 0) is 38.8 Å². The van der Waals surface area contributed by atoms with Crippen LogP contribution in [0.25, 0.3) is 0 Å². The molecule has 0 bridgehead atoms. The number of carbonyl (C=O) groups is 1. The van der Waals surface area contributed by atoms with Gasteiger partial charge in [0.15, 0.2) is 0 Å². The Morgan fingerprint density at radius 2 is 2.16 bits per heavy atom. The van der Waals surface area contributed by atoms with Gasteiger partial charge in [0.05, 0.1) is 0 Å². The van der Waals surface area contributed by atoms with Gasteiger partial charge < -0.3 is 14.9 Å². The minimum Gasteiger partial charge on any atom is -0.465 e. The van der Waals surface area contributed by atoms with Crippen LogP contribution in [-0.4, -0.2) is 46.8 Å². The van der Waals surface area contributed by atoms with Crippen molar-refractivity contribution in [3.63, 3.8) is 0 Å². The van der Waals surface area contributed by atoms with Crippen LogP contribution in [0.2, 0.25) is 0 Å². The Morgan fingerprint density at radius 3 is 2.68 bits per heavy atom. The van der Waals surface area contributed by atoms with E-state index in [4.69, 9.17) is 5.11 Å². The van der Waals surface area contributed by atoms with Gasteiger partial charge in [0.2, 0.25) is 0 Å². The van der Waals surface area contributed by atoms with Gasteiger partial charge in [-0.2, -0.15) is 0 Å². The van der Waals surface area contributed by atoms with Gasteiger partial charge in [-0.1, -0.05) is 6.07 Å². The number of anilines is 1. The van der Waals surface area contributed by atoms with Crippen molar-refractivity contribution >= 4 is 11.9 Å². The Morgan fingerprint density at radius 1 is 1.47 bits per heavy atom. The maximum absolute atomic E-state index is 11.1. The van der Waals surface area contributed by atoms with Gasteiger partial charge in [-0.15, -0.1) is 0 Å². The predicted molar refractivity (Wildman–Crippen MR) is 74.6 cm³/mol. The highest BCUT2D eigenvalue weighted by Gasteiger charge is 2.27. The zero-order valence-electron chi connectivity index (χ0n) is 11.5. The lowest BCUT2D eigenvalue weighted by molar-refractivity contribution is 0.119. The lowest BCUT2D eigenvalue weighted by Gasteiger charge is -2.37. The van der Waals surface area contributed by atoms with Crippen LogP contribution in [0.5, 0.6) is 0 Å². The molecule has 1 saturated heterocycles. The van der Waals surface area contributed by atoms with Gasteiger partial charge in [0.25, 0.3) is 0 Å². The van der Waals surface area contributed by atoms with Crippen molar-refractivity contribution in [1.82, 2.24) is 9.88 Å². The Bertz CT molecular complexity index is 442. The second-order valence-corrected chi connectivity index (χ2v) is 4.92. The summed E-state index contributed by atoms with van der Waals surface area (Å²) in [6, 6.07) is 6.16. The number of rotatable bonds is 3. The van der Waals surface area contributed by atoms with Crippen molar-refractivity contribution in [3.05, 3.63) is 23.9 Å². The zero-order chi connectivity index (χ0) is 13.8. The second kappa shape index (κ2) is 5.91. The van der Waals surface area contributed by atoms with E-state index >= 15 is 0 Å². The largest absolute Gasteiger partial charge is 0.465 e. The van der Waals surface area contributed by atoms with Crippen LogP contribution in [0, 0.1) is 6.92 Å². The van der Waals surface area contributed by atoms with E-state index in [0.29, 0.717) is 6.54 Å². The van der Waals surface area contributed by atoms with E-state index in [2.05, 4.69) is 9.88 Å². The molecule has 2 heterocycles. The minimum atomic E-state index is -0.811. The molecule has 1 N–H and O–H groups in total. The van der Waals surface area contributed by atoms with E-state index in [1.807, 2.05) is 32.0 Å². The molecule has 0 unspecified atom stereocenters. The average Bonchev–Trinajstić information content (AvgIpc) is 2.40. The molecule has 19 heavy (non-hydrogen) atoms. The molecule has 1 amide bonds. The number of aromatic nitrogens is 1. The van der Waals surface area contributed by atoms with Crippen molar-refractivity contribution < 1.29 is 9.90 Å². The molecule has 1 aliphatic heterocycles. The highest BCUT2D eigenvalue weighted by atomic mass is 16.4. The van der Waals surface area contributed by atoms with Gasteiger partial charge >= 0.3 is 6.09 Å². The van der Waals surface area contributed by atoms with Crippen molar-refractivity contribution in [2.45, 2.75) is 32.7 Å². The number of hydrogen-bond donors (Lipinski definition) is 1. The lowest BCUT2D eigenvalue weighted by atomic mass is 10.0. The molecule has 104 valence electrons. The van der Waals surface area contributed by atoms with Crippen LogP contribution in [0.3, 0.4) is 0 Å². The Labute approximate surface area is 113 Å². The average molecular weight is 263 g/mol. The third-order valence-electron chi connectivity index (χ3n) is 3.69. The van der Waals surface area contributed by atoms with E-state index in [1.165, 1.54) is 0 Å². The lowest BCUT2D eigenvalue weighted by Crippen LogP contribution is -2.47. The molecule has 5 nitrogen and oxygen atoms in total. The molecule has 0 aliphatic carbocycles. The molecule has 0 radical (unpaired) electrons. The first-order valence-electron chi connectivity index (χ1n) is 6.80. The molecule has 0 aromatic carbocycles.